The van der Waals surface area contributed by atoms with Crippen molar-refractivity contribution < 1.29 is 18.0 Å². The lowest BCUT2D eigenvalue weighted by molar-refractivity contribution is -0.183. The Morgan fingerprint density at radius 1 is 1.29 bits per heavy atom. The molecule has 24 heavy (non-hydrogen) atoms. The lowest BCUT2D eigenvalue weighted by atomic mass is 9.96. The van der Waals surface area contributed by atoms with E-state index >= 15 is 0 Å². The first-order chi connectivity index (χ1) is 11.3. The number of nitrogens with zero attached hydrogens (tertiary/aromatic N) is 5. The van der Waals surface area contributed by atoms with Crippen LogP contribution in [0.1, 0.15) is 28.9 Å². The van der Waals surface area contributed by atoms with Crippen LogP contribution in [0.15, 0.2) is 18.5 Å². The van der Waals surface area contributed by atoms with Crippen LogP contribution in [0.2, 0.25) is 0 Å². The molecule has 0 unspecified atom stereocenters. The van der Waals surface area contributed by atoms with Crippen LogP contribution < -0.4 is 0 Å². The van der Waals surface area contributed by atoms with E-state index in [9.17, 15) is 18.0 Å². The van der Waals surface area contributed by atoms with E-state index in [2.05, 4.69) is 10.2 Å². The van der Waals surface area contributed by atoms with Gasteiger partial charge in [0.25, 0.3) is 5.91 Å². The van der Waals surface area contributed by atoms with Crippen LogP contribution in [0.4, 0.5) is 13.2 Å². The van der Waals surface area contributed by atoms with Gasteiger partial charge < -0.3 is 4.90 Å². The third kappa shape index (κ3) is 2.90. The van der Waals surface area contributed by atoms with E-state index in [0.29, 0.717) is 17.1 Å². The number of aromatic nitrogens is 4. The smallest absolute Gasteiger partial charge is 0.338 e. The van der Waals surface area contributed by atoms with Gasteiger partial charge in [-0.25, -0.2) is 9.36 Å². The Kier molecular flexibility index (Phi) is 4.10. The molecule has 0 radical (unpaired) electrons. The van der Waals surface area contributed by atoms with Gasteiger partial charge in [-0.15, -0.1) is 0 Å². The van der Waals surface area contributed by atoms with Gasteiger partial charge in [0.05, 0.1) is 11.6 Å². The SMILES string of the molecule is Cc1nn(C)c(-n2cccn2)c1C(=O)N1CCC(C(F)(F)F)CC1. The minimum atomic E-state index is -4.19. The van der Waals surface area contributed by atoms with Crippen molar-refractivity contribution in [3.05, 3.63) is 29.7 Å². The summed E-state index contributed by atoms with van der Waals surface area (Å²) in [5.74, 6) is -1.12. The van der Waals surface area contributed by atoms with Crippen LogP contribution in [0.25, 0.3) is 5.82 Å². The average Bonchev–Trinajstić information content (AvgIpc) is 3.13. The maximum absolute atomic E-state index is 12.9. The highest BCUT2D eigenvalue weighted by atomic mass is 19.4. The maximum atomic E-state index is 12.9. The molecule has 3 heterocycles. The summed E-state index contributed by atoms with van der Waals surface area (Å²) in [6, 6.07) is 1.73. The number of hydrogen-bond acceptors (Lipinski definition) is 3. The molecule has 3 rings (SSSR count). The number of alkyl halides is 3. The number of likely N-dealkylation sites (tertiary alicyclic amines) is 1. The van der Waals surface area contributed by atoms with Crippen molar-refractivity contribution in [1.29, 1.82) is 0 Å². The van der Waals surface area contributed by atoms with Crippen molar-refractivity contribution in [1.82, 2.24) is 24.5 Å². The fourth-order valence-corrected chi connectivity index (χ4v) is 3.12. The largest absolute Gasteiger partial charge is 0.391 e. The fourth-order valence-electron chi connectivity index (χ4n) is 3.12. The van der Waals surface area contributed by atoms with Crippen LogP contribution >= 0.6 is 0 Å². The Bertz CT molecular complexity index is 727. The Labute approximate surface area is 136 Å². The normalized spacial score (nSPS) is 16.6. The molecule has 0 N–H and O–H groups in total. The lowest BCUT2D eigenvalue weighted by Gasteiger charge is -2.33. The van der Waals surface area contributed by atoms with Gasteiger partial charge in [0.1, 0.15) is 5.56 Å². The highest BCUT2D eigenvalue weighted by Crippen LogP contribution is 2.34. The molecule has 9 heteroatoms. The minimum Gasteiger partial charge on any atom is -0.338 e. The van der Waals surface area contributed by atoms with Gasteiger partial charge in [0, 0.05) is 32.5 Å². The van der Waals surface area contributed by atoms with Crippen LogP contribution in [0, 0.1) is 12.8 Å². The van der Waals surface area contributed by atoms with E-state index in [0.717, 1.165) is 0 Å². The molecular weight excluding hydrogens is 323 g/mol. The molecule has 130 valence electrons. The molecular formula is C15H18F3N5O. The molecule has 1 aliphatic heterocycles. The Morgan fingerprint density at radius 3 is 2.50 bits per heavy atom. The van der Waals surface area contributed by atoms with Crippen molar-refractivity contribution >= 4 is 5.91 Å². The topological polar surface area (TPSA) is 56.0 Å². The van der Waals surface area contributed by atoms with E-state index in [-0.39, 0.29) is 31.8 Å². The summed E-state index contributed by atoms with van der Waals surface area (Å²) in [5.41, 5.74) is 0.914. The summed E-state index contributed by atoms with van der Waals surface area (Å²) in [4.78, 5) is 14.3. The van der Waals surface area contributed by atoms with E-state index in [4.69, 9.17) is 0 Å². The second kappa shape index (κ2) is 5.95. The summed E-state index contributed by atoms with van der Waals surface area (Å²) in [6.45, 7) is 1.90. The van der Waals surface area contributed by atoms with Crippen LogP contribution in [0.3, 0.4) is 0 Å². The van der Waals surface area contributed by atoms with Crippen molar-refractivity contribution in [3.8, 4) is 5.82 Å². The molecule has 0 aliphatic carbocycles. The van der Waals surface area contributed by atoms with E-state index in [1.165, 1.54) is 9.58 Å². The second-order valence-corrected chi connectivity index (χ2v) is 5.97. The predicted octanol–water partition coefficient (Wildman–Crippen LogP) is 2.33. The Balaban J connectivity index is 1.85. The number of rotatable bonds is 2. The van der Waals surface area contributed by atoms with Gasteiger partial charge >= 0.3 is 6.18 Å². The summed E-state index contributed by atoms with van der Waals surface area (Å²) < 4.78 is 41.4. The maximum Gasteiger partial charge on any atom is 0.391 e. The summed E-state index contributed by atoms with van der Waals surface area (Å²) in [5, 5.41) is 8.39. The summed E-state index contributed by atoms with van der Waals surface area (Å²) in [7, 11) is 1.71. The first-order valence-corrected chi connectivity index (χ1v) is 7.68. The van der Waals surface area contributed by atoms with E-state index < -0.39 is 12.1 Å². The molecule has 1 amide bonds. The molecule has 2 aromatic rings. The summed E-state index contributed by atoms with van der Waals surface area (Å²) in [6.07, 6.45) is -1.04. The lowest BCUT2D eigenvalue weighted by Crippen LogP contribution is -2.42. The molecule has 0 saturated carbocycles. The highest BCUT2D eigenvalue weighted by molar-refractivity contribution is 5.98. The van der Waals surface area contributed by atoms with Crippen molar-refractivity contribution in [3.63, 3.8) is 0 Å². The molecule has 6 nitrogen and oxygen atoms in total. The number of carbonyl (C=O) groups is 1. The quantitative estimate of drug-likeness (QED) is 0.842. The number of hydrogen-bond donors (Lipinski definition) is 0. The highest BCUT2D eigenvalue weighted by Gasteiger charge is 2.42. The molecule has 0 spiro atoms. The molecule has 1 saturated heterocycles. The van der Waals surface area contributed by atoms with Crippen molar-refractivity contribution in [2.24, 2.45) is 13.0 Å². The van der Waals surface area contributed by atoms with Crippen LogP contribution in [-0.2, 0) is 7.05 Å². The van der Waals surface area contributed by atoms with Gasteiger partial charge in [-0.2, -0.15) is 23.4 Å². The molecule has 0 aromatic carbocycles. The van der Waals surface area contributed by atoms with Gasteiger partial charge in [0.2, 0.25) is 0 Å². The van der Waals surface area contributed by atoms with Gasteiger partial charge in [0.15, 0.2) is 5.82 Å². The Morgan fingerprint density at radius 2 is 1.96 bits per heavy atom. The van der Waals surface area contributed by atoms with E-state index in [1.54, 1.807) is 37.1 Å². The van der Waals surface area contributed by atoms with E-state index in [1.807, 2.05) is 0 Å². The number of carbonyl (C=O) groups excluding carboxylic acids is 1. The fraction of sp³-hybridized carbons (Fsp3) is 0.533. The third-order valence-electron chi connectivity index (χ3n) is 4.37. The van der Waals surface area contributed by atoms with Gasteiger partial charge in [-0.3, -0.25) is 4.79 Å². The Hall–Kier alpha value is -2.32. The van der Waals surface area contributed by atoms with Gasteiger partial charge in [-0.05, 0) is 25.8 Å². The van der Waals surface area contributed by atoms with Crippen molar-refractivity contribution in [2.75, 3.05) is 13.1 Å². The predicted molar refractivity (Wildman–Crippen MR) is 79.7 cm³/mol. The second-order valence-electron chi connectivity index (χ2n) is 5.97. The zero-order valence-corrected chi connectivity index (χ0v) is 13.4. The summed E-state index contributed by atoms with van der Waals surface area (Å²) >= 11 is 0. The zero-order chi connectivity index (χ0) is 17.5. The molecule has 0 bridgehead atoms. The molecule has 1 fully saturated rings. The standard InChI is InChI=1S/C15H18F3N5O/c1-10-12(13(21(2)20-10)23-7-3-6-19-23)14(24)22-8-4-11(5-9-22)15(16,17)18/h3,6-7,11H,4-5,8-9H2,1-2H3. The van der Waals surface area contributed by atoms with Crippen LogP contribution in [-0.4, -0.2) is 49.6 Å². The number of halogens is 3. The molecule has 2 aromatic heterocycles. The van der Waals surface area contributed by atoms with Crippen LogP contribution in [0.5, 0.6) is 0 Å². The molecule has 0 atom stereocenters. The number of piperidine rings is 1. The average molecular weight is 341 g/mol. The van der Waals surface area contributed by atoms with Gasteiger partial charge in [-0.1, -0.05) is 0 Å². The minimum absolute atomic E-state index is 0.0638. The monoisotopic (exact) mass is 341 g/mol. The molecule has 1 aliphatic rings. The third-order valence-corrected chi connectivity index (χ3v) is 4.37. The van der Waals surface area contributed by atoms with Crippen molar-refractivity contribution in [2.45, 2.75) is 25.9 Å². The first kappa shape index (κ1) is 16.5. The number of aryl methyl sites for hydroxylation is 2. The zero-order valence-electron chi connectivity index (χ0n) is 13.4. The first-order valence-electron chi connectivity index (χ1n) is 7.68. The number of amides is 1.